The highest BCUT2D eigenvalue weighted by molar-refractivity contribution is 7.80. The van der Waals surface area contributed by atoms with Crippen molar-refractivity contribution < 1.29 is 21.9 Å². The smallest absolute Gasteiger partial charge is 0.355 e. The molecule has 0 aliphatic carbocycles. The number of nitrogens with zero attached hydrogens (tertiary/aromatic N) is 2. The Bertz CT molecular complexity index is 374. The van der Waals surface area contributed by atoms with E-state index in [1.54, 1.807) is 0 Å². The first kappa shape index (κ1) is 19.3. The zero-order valence-corrected chi connectivity index (χ0v) is 13.1. The summed E-state index contributed by atoms with van der Waals surface area (Å²) in [5.41, 5.74) is 0. The average molecular weight is 311 g/mol. The molecule has 0 bridgehead atoms. The van der Waals surface area contributed by atoms with Crippen molar-refractivity contribution in [1.82, 2.24) is 15.1 Å². The monoisotopic (exact) mass is 311 g/mol. The number of carbonyl (C=O) groups is 1. The molecule has 0 spiro atoms. The van der Waals surface area contributed by atoms with Crippen molar-refractivity contribution in [3.05, 3.63) is 0 Å². The van der Waals surface area contributed by atoms with E-state index in [1.165, 1.54) is 0 Å². The first-order chi connectivity index (χ1) is 9.24. The molecule has 0 rings (SSSR count). The average Bonchev–Trinajstić information content (AvgIpc) is 2.34. The minimum absolute atomic E-state index is 0.0397. The lowest BCUT2D eigenvalue weighted by molar-refractivity contribution is -0.120. The van der Waals surface area contributed by atoms with Crippen molar-refractivity contribution in [2.75, 3.05) is 53.4 Å². The maximum absolute atomic E-state index is 11.0. The van der Waals surface area contributed by atoms with Crippen LogP contribution >= 0.6 is 0 Å². The van der Waals surface area contributed by atoms with Crippen LogP contribution in [0.2, 0.25) is 0 Å². The van der Waals surface area contributed by atoms with Gasteiger partial charge < -0.3 is 15.1 Å². The van der Waals surface area contributed by atoms with Crippen LogP contribution in [0.15, 0.2) is 0 Å². The molecule has 8 nitrogen and oxygen atoms in total. The van der Waals surface area contributed by atoms with Crippen molar-refractivity contribution >= 4 is 16.3 Å². The summed E-state index contributed by atoms with van der Waals surface area (Å²) in [7, 11) is -0.573. The molecule has 0 fully saturated rings. The first-order valence-corrected chi connectivity index (χ1v) is 7.86. The normalized spacial score (nSPS) is 12.1. The molecule has 0 heterocycles. The van der Waals surface area contributed by atoms with Crippen LogP contribution in [0.25, 0.3) is 0 Å². The Labute approximate surface area is 121 Å². The molecular formula is C11H25N3O5S. The second-order valence-corrected chi connectivity index (χ2v) is 5.65. The van der Waals surface area contributed by atoms with Crippen LogP contribution in [0.4, 0.5) is 0 Å². The van der Waals surface area contributed by atoms with Gasteiger partial charge in [0.15, 0.2) is 0 Å². The summed E-state index contributed by atoms with van der Waals surface area (Å²) >= 11 is 0. The van der Waals surface area contributed by atoms with Gasteiger partial charge in [0.05, 0.1) is 6.61 Å². The Kier molecular flexibility index (Phi) is 9.68. The van der Waals surface area contributed by atoms with Gasteiger partial charge in [0.25, 0.3) is 0 Å². The maximum atomic E-state index is 11.0. The summed E-state index contributed by atoms with van der Waals surface area (Å²) in [6.45, 7) is 5.01. The minimum Gasteiger partial charge on any atom is -0.355 e. The number of nitrogens with one attached hydrogen (secondary N) is 1. The Morgan fingerprint density at radius 2 is 1.70 bits per heavy atom. The van der Waals surface area contributed by atoms with Crippen molar-refractivity contribution in [3.8, 4) is 0 Å². The topological polar surface area (TPSA) is 99.2 Å². The van der Waals surface area contributed by atoms with Gasteiger partial charge >= 0.3 is 10.4 Å². The maximum Gasteiger partial charge on any atom is 0.397 e. The fourth-order valence-electron chi connectivity index (χ4n) is 1.37. The van der Waals surface area contributed by atoms with Gasteiger partial charge in [0, 0.05) is 39.1 Å². The van der Waals surface area contributed by atoms with Crippen LogP contribution in [-0.2, 0) is 19.4 Å². The quantitative estimate of drug-likeness (QED) is 0.482. The van der Waals surface area contributed by atoms with E-state index in [1.807, 2.05) is 25.9 Å². The molecule has 0 saturated heterocycles. The summed E-state index contributed by atoms with van der Waals surface area (Å²) in [6, 6.07) is 0. The number of amides is 1. The van der Waals surface area contributed by atoms with Gasteiger partial charge in [-0.05, 0) is 14.1 Å². The predicted octanol–water partition coefficient (Wildman–Crippen LogP) is -0.804. The highest BCUT2D eigenvalue weighted by Crippen LogP contribution is 1.90. The van der Waals surface area contributed by atoms with E-state index < -0.39 is 10.4 Å². The Balaban J connectivity index is 3.62. The van der Waals surface area contributed by atoms with E-state index in [2.05, 4.69) is 14.4 Å². The third kappa shape index (κ3) is 12.3. The van der Waals surface area contributed by atoms with E-state index in [0.717, 1.165) is 19.6 Å². The van der Waals surface area contributed by atoms with Gasteiger partial charge in [0.2, 0.25) is 5.91 Å². The fourth-order valence-corrected chi connectivity index (χ4v) is 1.66. The Morgan fingerprint density at radius 3 is 2.20 bits per heavy atom. The molecule has 2 N–H and O–H groups in total. The molecule has 0 radical (unpaired) electrons. The van der Waals surface area contributed by atoms with Gasteiger partial charge in [-0.15, -0.1) is 0 Å². The third-order valence-electron chi connectivity index (χ3n) is 2.71. The summed E-state index contributed by atoms with van der Waals surface area (Å²) in [4.78, 5) is 15.0. The molecule has 120 valence electrons. The van der Waals surface area contributed by atoms with Crippen LogP contribution in [0.1, 0.15) is 13.3 Å². The molecule has 0 atom stereocenters. The molecule has 0 aromatic heterocycles. The van der Waals surface area contributed by atoms with Gasteiger partial charge in [-0.25, -0.2) is 4.18 Å². The second-order valence-electron chi connectivity index (χ2n) is 4.56. The molecule has 1 amide bonds. The second kappa shape index (κ2) is 10.1. The number of hydrogen-bond acceptors (Lipinski definition) is 6. The van der Waals surface area contributed by atoms with Gasteiger partial charge in [-0.1, -0.05) is 6.92 Å². The predicted molar refractivity (Wildman–Crippen MR) is 75.8 cm³/mol. The SMILES string of the molecule is CCC(=O)NCCN(C)CCN(C)CCOS(=O)(=O)O. The van der Waals surface area contributed by atoms with Crippen LogP contribution in [0.5, 0.6) is 0 Å². The first-order valence-electron chi connectivity index (χ1n) is 6.50. The number of rotatable bonds is 11. The molecule has 20 heavy (non-hydrogen) atoms. The Hall–Kier alpha value is -0.740. The lowest BCUT2D eigenvalue weighted by Crippen LogP contribution is -2.37. The third-order valence-corrected chi connectivity index (χ3v) is 3.17. The van der Waals surface area contributed by atoms with Crippen molar-refractivity contribution in [3.63, 3.8) is 0 Å². The highest BCUT2D eigenvalue weighted by atomic mass is 32.3. The van der Waals surface area contributed by atoms with Crippen molar-refractivity contribution in [2.24, 2.45) is 0 Å². The zero-order chi connectivity index (χ0) is 15.6. The lowest BCUT2D eigenvalue weighted by Gasteiger charge is -2.21. The minimum atomic E-state index is -4.35. The van der Waals surface area contributed by atoms with E-state index in [9.17, 15) is 13.2 Å². The van der Waals surface area contributed by atoms with E-state index >= 15 is 0 Å². The fraction of sp³-hybridized carbons (Fsp3) is 0.909. The molecule has 0 saturated carbocycles. The molecular weight excluding hydrogens is 286 g/mol. The number of likely N-dealkylation sites (N-methyl/N-ethyl adjacent to an activating group) is 2. The lowest BCUT2D eigenvalue weighted by atomic mass is 10.4. The highest BCUT2D eigenvalue weighted by Gasteiger charge is 2.06. The van der Waals surface area contributed by atoms with Crippen molar-refractivity contribution in [1.29, 1.82) is 0 Å². The van der Waals surface area contributed by atoms with Crippen molar-refractivity contribution in [2.45, 2.75) is 13.3 Å². The van der Waals surface area contributed by atoms with Crippen LogP contribution in [0, 0.1) is 0 Å². The number of carbonyl (C=O) groups excluding carboxylic acids is 1. The summed E-state index contributed by atoms with van der Waals surface area (Å²) in [6.07, 6.45) is 0.486. The Morgan fingerprint density at radius 1 is 1.15 bits per heavy atom. The summed E-state index contributed by atoms with van der Waals surface area (Å²) in [5.74, 6) is 0.0397. The zero-order valence-electron chi connectivity index (χ0n) is 12.3. The molecule has 0 aromatic rings. The molecule has 0 aliphatic heterocycles. The van der Waals surface area contributed by atoms with Gasteiger partial charge in [-0.2, -0.15) is 8.42 Å². The number of hydrogen-bond donors (Lipinski definition) is 2. The van der Waals surface area contributed by atoms with Crippen LogP contribution in [-0.4, -0.2) is 82.1 Å². The standard InChI is InChI=1S/C11H25N3O5S/c1-4-11(15)12-5-6-13(2)7-8-14(3)9-10-19-20(16,17)18/h4-10H2,1-3H3,(H,12,15)(H,16,17,18). The summed E-state index contributed by atoms with van der Waals surface area (Å²) in [5, 5.41) is 2.79. The molecule has 0 aromatic carbocycles. The summed E-state index contributed by atoms with van der Waals surface area (Å²) < 4.78 is 33.3. The van der Waals surface area contributed by atoms with E-state index in [-0.39, 0.29) is 12.5 Å². The molecule has 0 unspecified atom stereocenters. The molecule has 0 aliphatic rings. The van der Waals surface area contributed by atoms with Crippen LogP contribution in [0.3, 0.4) is 0 Å². The molecule has 9 heteroatoms. The van der Waals surface area contributed by atoms with E-state index in [0.29, 0.717) is 19.5 Å². The van der Waals surface area contributed by atoms with Gasteiger partial charge in [0.1, 0.15) is 0 Å². The largest absolute Gasteiger partial charge is 0.397 e. The van der Waals surface area contributed by atoms with E-state index in [4.69, 9.17) is 4.55 Å². The van der Waals surface area contributed by atoms with Gasteiger partial charge in [-0.3, -0.25) is 9.35 Å². The van der Waals surface area contributed by atoms with Crippen LogP contribution < -0.4 is 5.32 Å².